The molecule has 0 aromatic heterocycles. The normalized spacial score (nSPS) is 17.9. The number of hydrogen-bond donors (Lipinski definition) is 1. The Bertz CT molecular complexity index is 1060. The number of Topliss-reactive ketones (excluding diaryl/α,β-unsaturated/α-hetero) is 1. The minimum absolute atomic E-state index is 0.00596. The Morgan fingerprint density at radius 2 is 1.73 bits per heavy atom. The molecule has 0 radical (unpaired) electrons. The maximum atomic E-state index is 13.1. The molecule has 6 nitrogen and oxygen atoms in total. The maximum absolute atomic E-state index is 13.1. The highest BCUT2D eigenvalue weighted by atomic mass is 35.5. The van der Waals surface area contributed by atoms with E-state index in [1.54, 1.807) is 42.5 Å². The number of carbonyl (C=O) groups is 2. The van der Waals surface area contributed by atoms with E-state index in [0.29, 0.717) is 21.9 Å². The lowest BCUT2D eigenvalue weighted by Crippen LogP contribution is -2.33. The Labute approximate surface area is 199 Å². The van der Waals surface area contributed by atoms with E-state index in [9.17, 15) is 14.7 Å². The van der Waals surface area contributed by atoms with Crippen molar-refractivity contribution in [3.05, 3.63) is 69.8 Å². The molecule has 1 N–H and O–H groups in total. The Morgan fingerprint density at radius 3 is 2.30 bits per heavy atom. The largest absolute Gasteiger partial charge is 0.507 e. The van der Waals surface area contributed by atoms with Crippen molar-refractivity contribution < 1.29 is 24.2 Å². The van der Waals surface area contributed by atoms with Crippen molar-refractivity contribution in [2.45, 2.75) is 52.9 Å². The summed E-state index contributed by atoms with van der Waals surface area (Å²) in [6.45, 7) is 10.0. The Morgan fingerprint density at radius 1 is 1.06 bits per heavy atom. The molecule has 0 spiro atoms. The van der Waals surface area contributed by atoms with E-state index in [1.807, 2.05) is 34.6 Å². The van der Waals surface area contributed by atoms with Crippen LogP contribution in [-0.2, 0) is 14.3 Å². The van der Waals surface area contributed by atoms with Gasteiger partial charge in [0.25, 0.3) is 11.7 Å². The van der Waals surface area contributed by atoms with Crippen LogP contribution in [0.2, 0.25) is 5.02 Å². The topological polar surface area (TPSA) is 76.1 Å². The molecule has 3 rings (SSSR count). The van der Waals surface area contributed by atoms with Gasteiger partial charge in [0.1, 0.15) is 11.5 Å². The molecule has 176 valence electrons. The zero-order valence-corrected chi connectivity index (χ0v) is 20.3. The van der Waals surface area contributed by atoms with Gasteiger partial charge < -0.3 is 19.5 Å². The SMILES string of the molecule is Cc1cc(/C(O)=C2/C(=O)C(=O)N(CCOC(C)C)C2c2ccc(Cl)cc2)ccc1OC(C)C. The van der Waals surface area contributed by atoms with Gasteiger partial charge in [-0.3, -0.25) is 9.59 Å². The van der Waals surface area contributed by atoms with Crippen LogP contribution in [0.3, 0.4) is 0 Å². The molecule has 33 heavy (non-hydrogen) atoms. The minimum Gasteiger partial charge on any atom is -0.507 e. The van der Waals surface area contributed by atoms with Crippen LogP contribution in [0.1, 0.15) is 50.4 Å². The number of aliphatic hydroxyl groups excluding tert-OH is 1. The molecule has 1 atom stereocenters. The van der Waals surface area contributed by atoms with Gasteiger partial charge in [-0.15, -0.1) is 0 Å². The van der Waals surface area contributed by atoms with Crippen molar-refractivity contribution in [2.75, 3.05) is 13.2 Å². The van der Waals surface area contributed by atoms with Crippen molar-refractivity contribution in [1.29, 1.82) is 0 Å². The van der Waals surface area contributed by atoms with Crippen molar-refractivity contribution in [2.24, 2.45) is 0 Å². The third-order valence-corrected chi connectivity index (χ3v) is 5.57. The Hall–Kier alpha value is -2.83. The number of hydrogen-bond acceptors (Lipinski definition) is 5. The first kappa shape index (κ1) is 24.8. The average molecular weight is 472 g/mol. The van der Waals surface area contributed by atoms with Crippen LogP contribution in [0.5, 0.6) is 5.75 Å². The molecule has 1 unspecified atom stereocenters. The predicted molar refractivity (Wildman–Crippen MR) is 128 cm³/mol. The van der Waals surface area contributed by atoms with E-state index >= 15 is 0 Å². The van der Waals surface area contributed by atoms with E-state index in [0.717, 1.165) is 5.56 Å². The molecular weight excluding hydrogens is 442 g/mol. The number of ketones is 1. The van der Waals surface area contributed by atoms with Gasteiger partial charge in [0.05, 0.1) is 30.4 Å². The smallest absolute Gasteiger partial charge is 0.295 e. The maximum Gasteiger partial charge on any atom is 0.295 e. The highest BCUT2D eigenvalue weighted by Crippen LogP contribution is 2.40. The molecule has 1 saturated heterocycles. The lowest BCUT2D eigenvalue weighted by atomic mass is 9.95. The zero-order chi connectivity index (χ0) is 24.3. The number of rotatable bonds is 8. The first-order chi connectivity index (χ1) is 15.6. The fraction of sp³-hybridized carbons (Fsp3) is 0.385. The lowest BCUT2D eigenvalue weighted by Gasteiger charge is -2.25. The van der Waals surface area contributed by atoms with Crippen molar-refractivity contribution in [3.63, 3.8) is 0 Å². The van der Waals surface area contributed by atoms with Gasteiger partial charge in [0.2, 0.25) is 0 Å². The summed E-state index contributed by atoms with van der Waals surface area (Å²) >= 11 is 6.05. The molecule has 1 fully saturated rings. The Kier molecular flexibility index (Phi) is 7.82. The fourth-order valence-corrected chi connectivity index (χ4v) is 3.95. The zero-order valence-electron chi connectivity index (χ0n) is 19.6. The van der Waals surface area contributed by atoms with E-state index in [2.05, 4.69) is 0 Å². The highest BCUT2D eigenvalue weighted by molar-refractivity contribution is 6.46. The summed E-state index contributed by atoms with van der Waals surface area (Å²) in [7, 11) is 0. The van der Waals surface area contributed by atoms with Crippen LogP contribution >= 0.6 is 11.6 Å². The van der Waals surface area contributed by atoms with Gasteiger partial charge in [-0.05, 0) is 76.1 Å². The number of halogens is 1. The number of aryl methyl sites for hydroxylation is 1. The summed E-state index contributed by atoms with van der Waals surface area (Å²) in [6.07, 6.45) is -0.00298. The number of carbonyl (C=O) groups excluding carboxylic acids is 2. The number of likely N-dealkylation sites (tertiary alicyclic amines) is 1. The van der Waals surface area contributed by atoms with Gasteiger partial charge in [0.15, 0.2) is 0 Å². The Balaban J connectivity index is 2.07. The molecule has 1 aliphatic rings. The van der Waals surface area contributed by atoms with Gasteiger partial charge in [-0.25, -0.2) is 0 Å². The summed E-state index contributed by atoms with van der Waals surface area (Å²) in [4.78, 5) is 27.5. The van der Waals surface area contributed by atoms with Crippen LogP contribution in [0.15, 0.2) is 48.0 Å². The first-order valence-corrected chi connectivity index (χ1v) is 11.4. The van der Waals surface area contributed by atoms with Crippen LogP contribution < -0.4 is 4.74 Å². The number of nitrogens with zero attached hydrogens (tertiary/aromatic N) is 1. The van der Waals surface area contributed by atoms with Gasteiger partial charge in [-0.1, -0.05) is 23.7 Å². The third kappa shape index (κ3) is 5.57. The van der Waals surface area contributed by atoms with Gasteiger partial charge in [-0.2, -0.15) is 0 Å². The summed E-state index contributed by atoms with van der Waals surface area (Å²) in [5, 5.41) is 11.7. The van der Waals surface area contributed by atoms with E-state index in [-0.39, 0.29) is 36.7 Å². The molecule has 0 aliphatic carbocycles. The molecule has 1 heterocycles. The molecule has 0 bridgehead atoms. The second-order valence-corrected chi connectivity index (χ2v) is 9.05. The molecule has 0 saturated carbocycles. The molecule has 7 heteroatoms. The molecular formula is C26H30ClNO5. The van der Waals surface area contributed by atoms with Crippen LogP contribution in [0, 0.1) is 6.92 Å². The minimum atomic E-state index is -0.745. The monoisotopic (exact) mass is 471 g/mol. The summed E-state index contributed by atoms with van der Waals surface area (Å²) in [5.74, 6) is -0.917. The highest BCUT2D eigenvalue weighted by Gasteiger charge is 2.45. The molecule has 2 aromatic carbocycles. The van der Waals surface area contributed by atoms with Crippen LogP contribution in [0.25, 0.3) is 5.76 Å². The molecule has 1 aliphatic heterocycles. The first-order valence-electron chi connectivity index (χ1n) is 11.0. The molecule has 1 amide bonds. The van der Waals surface area contributed by atoms with Crippen molar-refractivity contribution in [3.8, 4) is 5.75 Å². The lowest BCUT2D eigenvalue weighted by molar-refractivity contribution is -0.140. The number of ether oxygens (including phenoxy) is 2. The molecule has 2 aromatic rings. The van der Waals surface area contributed by atoms with E-state index in [4.69, 9.17) is 21.1 Å². The summed E-state index contributed by atoms with van der Waals surface area (Å²) in [5.41, 5.74) is 1.99. The van der Waals surface area contributed by atoms with Crippen LogP contribution in [-0.4, -0.2) is 47.1 Å². The number of amides is 1. The standard InChI is InChI=1S/C26H30ClNO5/c1-15(2)32-13-12-28-23(18-6-9-20(27)10-7-18)22(25(30)26(28)31)24(29)19-8-11-21(17(5)14-19)33-16(3)4/h6-11,14-16,23,29H,12-13H2,1-5H3/b24-22-. The fourth-order valence-electron chi connectivity index (χ4n) is 3.83. The third-order valence-electron chi connectivity index (χ3n) is 5.32. The van der Waals surface area contributed by atoms with E-state index < -0.39 is 17.7 Å². The summed E-state index contributed by atoms with van der Waals surface area (Å²) < 4.78 is 11.4. The average Bonchev–Trinajstić information content (AvgIpc) is 2.99. The summed E-state index contributed by atoms with van der Waals surface area (Å²) in [6, 6.07) is 11.4. The van der Waals surface area contributed by atoms with Crippen LogP contribution in [0.4, 0.5) is 0 Å². The second-order valence-electron chi connectivity index (χ2n) is 8.61. The second kappa shape index (κ2) is 10.4. The number of benzene rings is 2. The van der Waals surface area contributed by atoms with Gasteiger partial charge in [0, 0.05) is 17.1 Å². The quantitative estimate of drug-likeness (QED) is 0.322. The van der Waals surface area contributed by atoms with Crippen molar-refractivity contribution in [1.82, 2.24) is 4.90 Å². The number of aliphatic hydroxyl groups is 1. The van der Waals surface area contributed by atoms with Gasteiger partial charge >= 0.3 is 0 Å². The van der Waals surface area contributed by atoms with Crippen molar-refractivity contribution >= 4 is 29.1 Å². The predicted octanol–water partition coefficient (Wildman–Crippen LogP) is 5.28. The van der Waals surface area contributed by atoms with E-state index in [1.165, 1.54) is 4.90 Å².